The van der Waals surface area contributed by atoms with Gasteiger partial charge in [0.25, 0.3) is 0 Å². The maximum absolute atomic E-state index is 11.6. The zero-order valence-electron chi connectivity index (χ0n) is 9.49. The topological polar surface area (TPSA) is 41.6 Å². The summed E-state index contributed by atoms with van der Waals surface area (Å²) >= 11 is 0. The molecule has 1 aliphatic heterocycles. The van der Waals surface area contributed by atoms with Gasteiger partial charge in [-0.15, -0.1) is 12.4 Å². The molecule has 4 nitrogen and oxygen atoms in total. The second-order valence-electron chi connectivity index (χ2n) is 3.75. The largest absolute Gasteiger partial charge is 0.384 e. The third kappa shape index (κ3) is 4.82. The fourth-order valence-corrected chi connectivity index (χ4v) is 1.73. The second kappa shape index (κ2) is 7.91. The Bertz CT molecular complexity index is 184. The summed E-state index contributed by atoms with van der Waals surface area (Å²) in [5.74, 6) is 0.181. The standard InChI is InChI=1S/C10H20N2O2.ClH/c1-12(10(13)5-7-14-2)9-4-3-6-11-8-9;/h9,11H,3-8H2,1-2H3;1H. The molecule has 0 aliphatic carbocycles. The number of methoxy groups -OCH3 is 1. The molecule has 1 fully saturated rings. The van der Waals surface area contributed by atoms with Gasteiger partial charge in [0.2, 0.25) is 5.91 Å². The number of carbonyl (C=O) groups is 1. The highest BCUT2D eigenvalue weighted by Gasteiger charge is 2.21. The van der Waals surface area contributed by atoms with Gasteiger partial charge in [0.15, 0.2) is 0 Å². The second-order valence-corrected chi connectivity index (χ2v) is 3.75. The van der Waals surface area contributed by atoms with Crippen molar-refractivity contribution in [2.45, 2.75) is 25.3 Å². The SMILES string of the molecule is COCCC(=O)N(C)C1CCCNC1.Cl. The molecule has 1 N–H and O–H groups in total. The summed E-state index contributed by atoms with van der Waals surface area (Å²) in [4.78, 5) is 13.5. The number of nitrogens with one attached hydrogen (secondary N) is 1. The predicted octanol–water partition coefficient (Wildman–Crippen LogP) is 0.655. The van der Waals surface area contributed by atoms with E-state index in [1.807, 2.05) is 11.9 Å². The van der Waals surface area contributed by atoms with Gasteiger partial charge < -0.3 is 15.0 Å². The lowest BCUT2D eigenvalue weighted by Gasteiger charge is -2.31. The number of hydrogen-bond acceptors (Lipinski definition) is 3. The van der Waals surface area contributed by atoms with Crippen molar-refractivity contribution < 1.29 is 9.53 Å². The van der Waals surface area contributed by atoms with Gasteiger partial charge >= 0.3 is 0 Å². The van der Waals surface area contributed by atoms with Crippen molar-refractivity contribution in [1.29, 1.82) is 0 Å². The van der Waals surface area contributed by atoms with E-state index in [4.69, 9.17) is 4.74 Å². The van der Waals surface area contributed by atoms with Crippen molar-refractivity contribution in [2.24, 2.45) is 0 Å². The Morgan fingerprint density at radius 3 is 2.87 bits per heavy atom. The molecular weight excluding hydrogens is 216 g/mol. The van der Waals surface area contributed by atoms with Crippen LogP contribution in [0.3, 0.4) is 0 Å². The van der Waals surface area contributed by atoms with Crippen LogP contribution >= 0.6 is 12.4 Å². The number of amides is 1. The van der Waals surface area contributed by atoms with Crippen LogP contribution in [0.25, 0.3) is 0 Å². The highest BCUT2D eigenvalue weighted by atomic mass is 35.5. The minimum atomic E-state index is 0. The van der Waals surface area contributed by atoms with Crippen LogP contribution in [0.1, 0.15) is 19.3 Å². The molecule has 1 saturated heterocycles. The quantitative estimate of drug-likeness (QED) is 0.780. The van der Waals surface area contributed by atoms with E-state index in [0.717, 1.165) is 25.9 Å². The summed E-state index contributed by atoms with van der Waals surface area (Å²) in [5.41, 5.74) is 0. The van der Waals surface area contributed by atoms with Crippen molar-refractivity contribution in [3.8, 4) is 0 Å². The first-order valence-electron chi connectivity index (χ1n) is 5.21. The molecule has 1 atom stereocenters. The van der Waals surface area contributed by atoms with Crippen molar-refractivity contribution in [3.05, 3.63) is 0 Å². The predicted molar refractivity (Wildman–Crippen MR) is 62.4 cm³/mol. The Balaban J connectivity index is 0.00000196. The molecular formula is C10H21ClN2O2. The Morgan fingerprint density at radius 1 is 1.60 bits per heavy atom. The molecule has 0 saturated carbocycles. The maximum atomic E-state index is 11.6. The van der Waals surface area contributed by atoms with E-state index in [0.29, 0.717) is 19.1 Å². The maximum Gasteiger partial charge on any atom is 0.224 e. The monoisotopic (exact) mass is 236 g/mol. The van der Waals surface area contributed by atoms with Crippen LogP contribution in [-0.2, 0) is 9.53 Å². The first kappa shape index (κ1) is 14.7. The lowest BCUT2D eigenvalue weighted by Crippen LogP contribution is -2.46. The van der Waals surface area contributed by atoms with Crippen LogP contribution in [0.15, 0.2) is 0 Å². The van der Waals surface area contributed by atoms with E-state index in [-0.39, 0.29) is 18.3 Å². The van der Waals surface area contributed by atoms with E-state index < -0.39 is 0 Å². The van der Waals surface area contributed by atoms with E-state index in [2.05, 4.69) is 5.32 Å². The van der Waals surface area contributed by atoms with E-state index in [1.54, 1.807) is 7.11 Å². The average molecular weight is 237 g/mol. The molecule has 0 radical (unpaired) electrons. The third-order valence-corrected chi connectivity index (χ3v) is 2.73. The fourth-order valence-electron chi connectivity index (χ4n) is 1.73. The molecule has 0 aromatic carbocycles. The molecule has 0 spiro atoms. The molecule has 0 aromatic rings. The van der Waals surface area contributed by atoms with Gasteiger partial charge in [-0.3, -0.25) is 4.79 Å². The zero-order valence-corrected chi connectivity index (χ0v) is 10.3. The van der Waals surface area contributed by atoms with Gasteiger partial charge in [-0.25, -0.2) is 0 Å². The smallest absolute Gasteiger partial charge is 0.224 e. The first-order valence-corrected chi connectivity index (χ1v) is 5.21. The number of nitrogens with zero attached hydrogens (tertiary/aromatic N) is 1. The summed E-state index contributed by atoms with van der Waals surface area (Å²) in [6, 6.07) is 0.369. The lowest BCUT2D eigenvalue weighted by atomic mass is 10.1. The van der Waals surface area contributed by atoms with E-state index in [9.17, 15) is 4.79 Å². The van der Waals surface area contributed by atoms with Gasteiger partial charge in [-0.2, -0.15) is 0 Å². The molecule has 1 rings (SSSR count). The molecule has 1 heterocycles. The molecule has 90 valence electrons. The summed E-state index contributed by atoms with van der Waals surface area (Å²) in [6.45, 7) is 2.52. The highest BCUT2D eigenvalue weighted by Crippen LogP contribution is 2.09. The third-order valence-electron chi connectivity index (χ3n) is 2.73. The van der Waals surface area contributed by atoms with Crippen molar-refractivity contribution >= 4 is 18.3 Å². The highest BCUT2D eigenvalue weighted by molar-refractivity contribution is 5.85. The summed E-state index contributed by atoms with van der Waals surface area (Å²) in [5, 5.41) is 3.30. The Morgan fingerprint density at radius 2 is 2.33 bits per heavy atom. The normalized spacial score (nSPS) is 20.5. The van der Waals surface area contributed by atoms with Crippen LogP contribution in [0.5, 0.6) is 0 Å². The van der Waals surface area contributed by atoms with E-state index in [1.165, 1.54) is 0 Å². The van der Waals surface area contributed by atoms with Gasteiger partial charge in [-0.05, 0) is 19.4 Å². The van der Waals surface area contributed by atoms with Crippen LogP contribution in [0.4, 0.5) is 0 Å². The van der Waals surface area contributed by atoms with Crippen LogP contribution < -0.4 is 5.32 Å². The van der Waals surface area contributed by atoms with Gasteiger partial charge in [-0.1, -0.05) is 0 Å². The number of rotatable bonds is 4. The van der Waals surface area contributed by atoms with E-state index >= 15 is 0 Å². The van der Waals surface area contributed by atoms with Crippen LogP contribution in [-0.4, -0.2) is 50.7 Å². The molecule has 0 bridgehead atoms. The Hall–Kier alpha value is -0.320. The van der Waals surface area contributed by atoms with Gasteiger partial charge in [0.1, 0.15) is 0 Å². The summed E-state index contributed by atoms with van der Waals surface area (Å²) in [6.07, 6.45) is 2.76. The van der Waals surface area contributed by atoms with Gasteiger partial charge in [0, 0.05) is 26.7 Å². The molecule has 1 unspecified atom stereocenters. The van der Waals surface area contributed by atoms with Crippen LogP contribution in [0.2, 0.25) is 0 Å². The number of carbonyl (C=O) groups excluding carboxylic acids is 1. The van der Waals surface area contributed by atoms with Crippen molar-refractivity contribution in [1.82, 2.24) is 10.2 Å². The first-order chi connectivity index (χ1) is 6.75. The average Bonchev–Trinajstić information content (AvgIpc) is 2.26. The fraction of sp³-hybridized carbons (Fsp3) is 0.900. The number of hydrogen-bond donors (Lipinski definition) is 1. The van der Waals surface area contributed by atoms with Crippen molar-refractivity contribution in [3.63, 3.8) is 0 Å². The zero-order chi connectivity index (χ0) is 10.4. The molecule has 0 aromatic heterocycles. The number of piperidine rings is 1. The van der Waals surface area contributed by atoms with Crippen molar-refractivity contribution in [2.75, 3.05) is 33.9 Å². The number of halogens is 1. The number of likely N-dealkylation sites (N-methyl/N-ethyl adjacent to an activating group) is 1. The Labute approximate surface area is 97.8 Å². The minimum Gasteiger partial charge on any atom is -0.384 e. The minimum absolute atomic E-state index is 0. The molecule has 1 aliphatic rings. The summed E-state index contributed by atoms with van der Waals surface area (Å²) < 4.78 is 4.89. The van der Waals surface area contributed by atoms with Gasteiger partial charge in [0.05, 0.1) is 13.0 Å². The summed E-state index contributed by atoms with van der Waals surface area (Å²) in [7, 11) is 3.51. The lowest BCUT2D eigenvalue weighted by molar-refractivity contribution is -0.133. The van der Waals surface area contributed by atoms with Crippen LogP contribution in [0, 0.1) is 0 Å². The Kier molecular flexibility index (Phi) is 7.74. The molecule has 1 amide bonds. The number of ether oxygens (including phenoxy) is 1. The molecule has 15 heavy (non-hydrogen) atoms. The molecule has 5 heteroatoms.